The summed E-state index contributed by atoms with van der Waals surface area (Å²) < 4.78 is 0. The van der Waals surface area contributed by atoms with E-state index >= 15 is 0 Å². The first kappa shape index (κ1) is 12.9. The van der Waals surface area contributed by atoms with Crippen LogP contribution in [0.3, 0.4) is 0 Å². The highest BCUT2D eigenvalue weighted by atomic mass is 35.5. The van der Waals surface area contributed by atoms with Gasteiger partial charge < -0.3 is 4.90 Å². The van der Waals surface area contributed by atoms with E-state index < -0.39 is 0 Å². The molecule has 18 heavy (non-hydrogen) atoms. The van der Waals surface area contributed by atoms with Crippen molar-refractivity contribution in [2.75, 3.05) is 11.4 Å². The maximum Gasteiger partial charge on any atom is 0.332 e. The molecule has 0 spiro atoms. The van der Waals surface area contributed by atoms with Gasteiger partial charge in [0.05, 0.1) is 10.7 Å². The SMILES string of the molecule is CC(C)(C)N1CC(=O)N(c2ccccc2Cl)C1=O. The summed E-state index contributed by atoms with van der Waals surface area (Å²) in [6.45, 7) is 5.78. The quantitative estimate of drug-likeness (QED) is 0.734. The summed E-state index contributed by atoms with van der Waals surface area (Å²) in [5.41, 5.74) is 0.0591. The van der Waals surface area contributed by atoms with E-state index in [0.717, 1.165) is 4.90 Å². The summed E-state index contributed by atoms with van der Waals surface area (Å²) in [5.74, 6) is -0.247. The van der Waals surface area contributed by atoms with E-state index in [0.29, 0.717) is 10.7 Å². The molecule has 1 saturated heterocycles. The lowest BCUT2D eigenvalue weighted by Crippen LogP contribution is -2.44. The van der Waals surface area contributed by atoms with Crippen LogP contribution >= 0.6 is 11.6 Å². The molecule has 1 aromatic carbocycles. The molecule has 2 rings (SSSR count). The van der Waals surface area contributed by atoms with Crippen LogP contribution in [0.1, 0.15) is 20.8 Å². The number of carbonyl (C=O) groups excluding carboxylic acids is 2. The van der Waals surface area contributed by atoms with Gasteiger partial charge in [-0.1, -0.05) is 23.7 Å². The molecule has 1 aliphatic heterocycles. The van der Waals surface area contributed by atoms with E-state index in [-0.39, 0.29) is 24.0 Å². The molecule has 1 aromatic rings. The Morgan fingerprint density at radius 3 is 2.28 bits per heavy atom. The maximum absolute atomic E-state index is 12.3. The number of carbonyl (C=O) groups is 2. The molecule has 0 aromatic heterocycles. The first-order chi connectivity index (χ1) is 8.32. The zero-order valence-electron chi connectivity index (χ0n) is 10.6. The van der Waals surface area contributed by atoms with Crippen molar-refractivity contribution in [3.05, 3.63) is 29.3 Å². The van der Waals surface area contributed by atoms with Gasteiger partial charge in [0.15, 0.2) is 0 Å². The Bertz CT molecular complexity index is 508. The van der Waals surface area contributed by atoms with Crippen LogP contribution in [0.5, 0.6) is 0 Å². The average Bonchev–Trinajstić information content (AvgIpc) is 2.55. The number of amides is 3. The standard InChI is InChI=1S/C13H15ClN2O2/c1-13(2,3)15-8-11(17)16(12(15)18)10-7-5-4-6-9(10)14/h4-7H,8H2,1-3H3. The van der Waals surface area contributed by atoms with E-state index in [1.54, 1.807) is 29.2 Å². The fraction of sp³-hybridized carbons (Fsp3) is 0.385. The van der Waals surface area contributed by atoms with Gasteiger partial charge in [0.1, 0.15) is 6.54 Å². The van der Waals surface area contributed by atoms with Crippen molar-refractivity contribution in [1.82, 2.24) is 4.90 Å². The molecular weight excluding hydrogens is 252 g/mol. The molecule has 3 amide bonds. The molecule has 1 fully saturated rings. The van der Waals surface area contributed by atoms with Gasteiger partial charge in [0.2, 0.25) is 0 Å². The number of urea groups is 1. The van der Waals surface area contributed by atoms with Crippen molar-refractivity contribution < 1.29 is 9.59 Å². The molecule has 0 radical (unpaired) electrons. The fourth-order valence-corrected chi connectivity index (χ4v) is 2.12. The van der Waals surface area contributed by atoms with Crippen LogP contribution in [-0.4, -0.2) is 28.9 Å². The van der Waals surface area contributed by atoms with Crippen molar-refractivity contribution >= 4 is 29.2 Å². The van der Waals surface area contributed by atoms with Gasteiger partial charge in [-0.15, -0.1) is 0 Å². The Hall–Kier alpha value is -1.55. The zero-order chi connectivity index (χ0) is 13.5. The molecule has 5 heteroatoms. The number of anilines is 1. The second-order valence-corrected chi connectivity index (χ2v) is 5.63. The summed E-state index contributed by atoms with van der Waals surface area (Å²) in [6, 6.07) is 6.53. The van der Waals surface area contributed by atoms with Crippen molar-refractivity contribution in [3.63, 3.8) is 0 Å². The molecule has 1 heterocycles. The van der Waals surface area contributed by atoms with Crippen LogP contribution < -0.4 is 4.90 Å². The van der Waals surface area contributed by atoms with Gasteiger partial charge in [-0.3, -0.25) is 4.79 Å². The normalized spacial score (nSPS) is 16.7. The molecule has 0 N–H and O–H groups in total. The smallest absolute Gasteiger partial charge is 0.310 e. The van der Waals surface area contributed by atoms with Gasteiger partial charge in [0.25, 0.3) is 5.91 Å². The number of rotatable bonds is 1. The Morgan fingerprint density at radius 2 is 1.78 bits per heavy atom. The molecular formula is C13H15ClN2O2. The fourth-order valence-electron chi connectivity index (χ4n) is 1.90. The van der Waals surface area contributed by atoms with E-state index in [1.807, 2.05) is 20.8 Å². The van der Waals surface area contributed by atoms with Crippen LogP contribution in [0.4, 0.5) is 10.5 Å². The summed E-state index contributed by atoms with van der Waals surface area (Å²) in [5, 5.41) is 0.398. The van der Waals surface area contributed by atoms with Gasteiger partial charge in [-0.2, -0.15) is 0 Å². The highest BCUT2D eigenvalue weighted by Crippen LogP contribution is 2.31. The molecule has 0 unspecified atom stereocenters. The Balaban J connectivity index is 2.40. The maximum atomic E-state index is 12.3. The lowest BCUT2D eigenvalue weighted by atomic mass is 10.1. The molecule has 4 nitrogen and oxygen atoms in total. The Morgan fingerprint density at radius 1 is 1.17 bits per heavy atom. The summed E-state index contributed by atoms with van der Waals surface area (Å²) in [7, 11) is 0. The minimum atomic E-state index is -0.386. The molecule has 0 atom stereocenters. The largest absolute Gasteiger partial charge is 0.332 e. The highest BCUT2D eigenvalue weighted by molar-refractivity contribution is 6.35. The first-order valence-corrected chi connectivity index (χ1v) is 6.09. The summed E-state index contributed by atoms with van der Waals surface area (Å²) in [4.78, 5) is 27.0. The lowest BCUT2D eigenvalue weighted by Gasteiger charge is -2.30. The Labute approximate surface area is 111 Å². The molecule has 1 aliphatic rings. The number of hydrogen-bond acceptors (Lipinski definition) is 2. The Kier molecular flexibility index (Phi) is 3.07. The van der Waals surface area contributed by atoms with E-state index in [9.17, 15) is 9.59 Å². The number of imide groups is 1. The number of benzene rings is 1. The third-order valence-electron chi connectivity index (χ3n) is 2.87. The summed E-state index contributed by atoms with van der Waals surface area (Å²) in [6.07, 6.45) is 0. The predicted octanol–water partition coefficient (Wildman–Crippen LogP) is 2.91. The van der Waals surface area contributed by atoms with Gasteiger partial charge in [-0.25, -0.2) is 9.69 Å². The molecule has 0 saturated carbocycles. The van der Waals surface area contributed by atoms with E-state index in [1.165, 1.54) is 0 Å². The third-order valence-corrected chi connectivity index (χ3v) is 3.19. The van der Waals surface area contributed by atoms with E-state index in [4.69, 9.17) is 11.6 Å². The monoisotopic (exact) mass is 266 g/mol. The number of para-hydroxylation sites is 1. The minimum Gasteiger partial charge on any atom is -0.310 e. The lowest BCUT2D eigenvalue weighted by molar-refractivity contribution is -0.117. The molecule has 0 aliphatic carbocycles. The van der Waals surface area contributed by atoms with Crippen LogP contribution in [0.25, 0.3) is 0 Å². The van der Waals surface area contributed by atoms with Crippen LogP contribution in [0.2, 0.25) is 5.02 Å². The number of hydrogen-bond donors (Lipinski definition) is 0. The summed E-state index contributed by atoms with van der Waals surface area (Å²) >= 11 is 6.03. The van der Waals surface area contributed by atoms with Crippen molar-refractivity contribution in [3.8, 4) is 0 Å². The topological polar surface area (TPSA) is 40.6 Å². The van der Waals surface area contributed by atoms with Crippen molar-refractivity contribution in [1.29, 1.82) is 0 Å². The number of nitrogens with zero attached hydrogens (tertiary/aromatic N) is 2. The second-order valence-electron chi connectivity index (χ2n) is 5.22. The van der Waals surface area contributed by atoms with Crippen molar-refractivity contribution in [2.24, 2.45) is 0 Å². The first-order valence-electron chi connectivity index (χ1n) is 5.71. The number of halogens is 1. The molecule has 0 bridgehead atoms. The van der Waals surface area contributed by atoms with Gasteiger partial charge >= 0.3 is 6.03 Å². The second kappa shape index (κ2) is 4.28. The van der Waals surface area contributed by atoms with Crippen LogP contribution in [0, 0.1) is 0 Å². The van der Waals surface area contributed by atoms with Gasteiger partial charge in [0, 0.05) is 5.54 Å². The predicted molar refractivity (Wildman–Crippen MR) is 70.8 cm³/mol. The average molecular weight is 267 g/mol. The van der Waals surface area contributed by atoms with Crippen LogP contribution in [-0.2, 0) is 4.79 Å². The van der Waals surface area contributed by atoms with Crippen molar-refractivity contribution in [2.45, 2.75) is 26.3 Å². The van der Waals surface area contributed by atoms with Crippen LogP contribution in [0.15, 0.2) is 24.3 Å². The third kappa shape index (κ3) is 2.08. The minimum absolute atomic E-state index is 0.0908. The molecule has 96 valence electrons. The van der Waals surface area contributed by atoms with E-state index in [2.05, 4.69) is 0 Å². The highest BCUT2D eigenvalue weighted by Gasteiger charge is 2.42. The zero-order valence-corrected chi connectivity index (χ0v) is 11.4. The van der Waals surface area contributed by atoms with Gasteiger partial charge in [-0.05, 0) is 32.9 Å².